The predicted molar refractivity (Wildman–Crippen MR) is 66.4 cm³/mol. The van der Waals surface area contributed by atoms with Gasteiger partial charge in [-0.2, -0.15) is 11.8 Å². The second kappa shape index (κ2) is 8.44. The Balaban J connectivity index is 3.58. The lowest BCUT2D eigenvalue weighted by Crippen LogP contribution is -2.29. The molecular formula is C11H21NO3S. The van der Waals surface area contributed by atoms with Crippen LogP contribution in [0.25, 0.3) is 0 Å². The van der Waals surface area contributed by atoms with Crippen molar-refractivity contribution in [3.05, 3.63) is 0 Å². The van der Waals surface area contributed by atoms with Crippen LogP contribution in [0.5, 0.6) is 0 Å². The molecule has 1 N–H and O–H groups in total. The van der Waals surface area contributed by atoms with Gasteiger partial charge in [-0.1, -0.05) is 20.8 Å². The van der Waals surface area contributed by atoms with E-state index in [1.807, 2.05) is 13.8 Å². The molecule has 0 aromatic heterocycles. The monoisotopic (exact) mass is 247 g/mol. The number of methoxy groups -OCH3 is 1. The Morgan fingerprint density at radius 1 is 1.31 bits per heavy atom. The van der Waals surface area contributed by atoms with E-state index < -0.39 is 0 Å². The van der Waals surface area contributed by atoms with Crippen molar-refractivity contribution in [2.24, 2.45) is 11.8 Å². The van der Waals surface area contributed by atoms with Gasteiger partial charge < -0.3 is 10.1 Å². The van der Waals surface area contributed by atoms with Gasteiger partial charge in [0, 0.05) is 12.3 Å². The van der Waals surface area contributed by atoms with Crippen molar-refractivity contribution in [2.45, 2.75) is 20.8 Å². The lowest BCUT2D eigenvalue weighted by atomic mass is 10.2. The van der Waals surface area contributed by atoms with Gasteiger partial charge in [0.15, 0.2) is 0 Å². The van der Waals surface area contributed by atoms with Crippen LogP contribution >= 0.6 is 11.8 Å². The zero-order valence-corrected chi connectivity index (χ0v) is 11.2. The molecule has 1 atom stereocenters. The first-order valence-corrected chi connectivity index (χ1v) is 6.55. The maximum absolute atomic E-state index is 11.3. The lowest BCUT2D eigenvalue weighted by Gasteiger charge is -2.09. The van der Waals surface area contributed by atoms with Crippen molar-refractivity contribution in [2.75, 3.05) is 25.2 Å². The molecule has 0 aromatic rings. The number of thioether (sulfide) groups is 1. The van der Waals surface area contributed by atoms with Crippen LogP contribution in [0.1, 0.15) is 20.8 Å². The van der Waals surface area contributed by atoms with Crippen molar-refractivity contribution in [3.63, 3.8) is 0 Å². The maximum Gasteiger partial charge on any atom is 0.309 e. The quantitative estimate of drug-likeness (QED) is 0.689. The Labute approximate surface area is 101 Å². The third-order valence-electron chi connectivity index (χ3n) is 1.91. The molecular weight excluding hydrogens is 226 g/mol. The van der Waals surface area contributed by atoms with E-state index in [1.165, 1.54) is 18.9 Å². The minimum Gasteiger partial charge on any atom is -0.469 e. The molecule has 0 aliphatic carbocycles. The number of carbonyl (C=O) groups is 2. The van der Waals surface area contributed by atoms with E-state index in [4.69, 9.17) is 0 Å². The molecule has 94 valence electrons. The number of amides is 1. The van der Waals surface area contributed by atoms with Crippen molar-refractivity contribution < 1.29 is 14.3 Å². The number of hydrogen-bond donors (Lipinski definition) is 1. The van der Waals surface area contributed by atoms with Gasteiger partial charge in [0.05, 0.1) is 18.8 Å². The number of carbonyl (C=O) groups excluding carboxylic acids is 2. The maximum atomic E-state index is 11.3. The number of rotatable bonds is 7. The molecule has 0 fully saturated rings. The van der Waals surface area contributed by atoms with Gasteiger partial charge >= 0.3 is 5.97 Å². The average molecular weight is 247 g/mol. The summed E-state index contributed by atoms with van der Waals surface area (Å²) >= 11 is 1.45. The van der Waals surface area contributed by atoms with Gasteiger partial charge in [0.25, 0.3) is 0 Å². The fraction of sp³-hybridized carbons (Fsp3) is 0.818. The normalized spacial score (nSPS) is 12.3. The molecule has 0 saturated carbocycles. The molecule has 4 nitrogen and oxygen atoms in total. The number of ether oxygens (including phenoxy) is 1. The van der Waals surface area contributed by atoms with E-state index in [0.717, 1.165) is 0 Å². The van der Waals surface area contributed by atoms with Crippen LogP contribution in [0.3, 0.4) is 0 Å². The minimum atomic E-state index is -0.227. The lowest BCUT2D eigenvalue weighted by molar-refractivity contribution is -0.144. The fourth-order valence-electron chi connectivity index (χ4n) is 0.967. The molecule has 0 aliphatic rings. The Hall–Kier alpha value is -0.710. The molecule has 1 amide bonds. The Kier molecular flexibility index (Phi) is 8.07. The molecule has 5 heteroatoms. The summed E-state index contributed by atoms with van der Waals surface area (Å²) in [4.78, 5) is 22.4. The van der Waals surface area contributed by atoms with Crippen LogP contribution in [0, 0.1) is 11.8 Å². The zero-order valence-electron chi connectivity index (χ0n) is 10.4. The van der Waals surface area contributed by atoms with Crippen molar-refractivity contribution in [3.8, 4) is 0 Å². The van der Waals surface area contributed by atoms with Crippen molar-refractivity contribution in [1.29, 1.82) is 0 Å². The zero-order chi connectivity index (χ0) is 12.6. The topological polar surface area (TPSA) is 55.4 Å². The SMILES string of the molecule is COC(=O)C(C)CSCC(=O)NCC(C)C. The molecule has 0 radical (unpaired) electrons. The highest BCUT2D eigenvalue weighted by Crippen LogP contribution is 2.09. The van der Waals surface area contributed by atoms with E-state index in [-0.39, 0.29) is 17.8 Å². The average Bonchev–Trinajstić information content (AvgIpc) is 2.24. The first kappa shape index (κ1) is 15.3. The predicted octanol–water partition coefficient (Wildman–Crippen LogP) is 1.30. The van der Waals surface area contributed by atoms with E-state index >= 15 is 0 Å². The molecule has 0 rings (SSSR count). The van der Waals surface area contributed by atoms with Crippen molar-refractivity contribution >= 4 is 23.6 Å². The van der Waals surface area contributed by atoms with Crippen LogP contribution in [0.15, 0.2) is 0 Å². The van der Waals surface area contributed by atoms with Gasteiger partial charge in [0.1, 0.15) is 0 Å². The summed E-state index contributed by atoms with van der Waals surface area (Å²) < 4.78 is 4.60. The van der Waals surface area contributed by atoms with Crippen LogP contribution in [-0.2, 0) is 14.3 Å². The number of esters is 1. The summed E-state index contributed by atoms with van der Waals surface area (Å²) in [5, 5.41) is 2.82. The second-order valence-electron chi connectivity index (χ2n) is 4.14. The summed E-state index contributed by atoms with van der Waals surface area (Å²) in [5.41, 5.74) is 0. The largest absolute Gasteiger partial charge is 0.469 e. The molecule has 0 aromatic carbocycles. The highest BCUT2D eigenvalue weighted by atomic mass is 32.2. The first-order valence-electron chi connectivity index (χ1n) is 5.39. The molecule has 0 saturated heterocycles. The number of hydrogen-bond acceptors (Lipinski definition) is 4. The van der Waals surface area contributed by atoms with Crippen molar-refractivity contribution in [1.82, 2.24) is 5.32 Å². The fourth-order valence-corrected chi connectivity index (χ4v) is 1.86. The van der Waals surface area contributed by atoms with E-state index in [0.29, 0.717) is 24.0 Å². The van der Waals surface area contributed by atoms with E-state index in [1.54, 1.807) is 6.92 Å². The molecule has 1 unspecified atom stereocenters. The second-order valence-corrected chi connectivity index (χ2v) is 5.17. The highest BCUT2D eigenvalue weighted by Gasteiger charge is 2.13. The molecule has 16 heavy (non-hydrogen) atoms. The molecule has 0 spiro atoms. The van der Waals surface area contributed by atoms with Crippen LogP contribution in [0.4, 0.5) is 0 Å². The summed E-state index contributed by atoms with van der Waals surface area (Å²) in [7, 11) is 1.37. The Morgan fingerprint density at radius 3 is 2.44 bits per heavy atom. The molecule has 0 aliphatic heterocycles. The standard InChI is InChI=1S/C11H21NO3S/c1-8(2)5-12-10(13)7-16-6-9(3)11(14)15-4/h8-9H,5-7H2,1-4H3,(H,12,13). The Bertz CT molecular complexity index is 231. The van der Waals surface area contributed by atoms with Gasteiger partial charge in [-0.05, 0) is 5.92 Å². The summed E-state index contributed by atoms with van der Waals surface area (Å²) in [5.74, 6) is 1.11. The van der Waals surface area contributed by atoms with Gasteiger partial charge in [-0.3, -0.25) is 9.59 Å². The summed E-state index contributed by atoms with van der Waals surface area (Å²) in [6.45, 7) is 6.59. The Morgan fingerprint density at radius 2 is 1.94 bits per heavy atom. The number of nitrogens with one attached hydrogen (secondary N) is 1. The van der Waals surface area contributed by atoms with Crippen LogP contribution in [0.2, 0.25) is 0 Å². The first-order chi connectivity index (χ1) is 7.47. The van der Waals surface area contributed by atoms with Gasteiger partial charge in [-0.15, -0.1) is 0 Å². The van der Waals surface area contributed by atoms with Gasteiger partial charge in [0.2, 0.25) is 5.91 Å². The summed E-state index contributed by atoms with van der Waals surface area (Å²) in [6, 6.07) is 0. The van der Waals surface area contributed by atoms with E-state index in [9.17, 15) is 9.59 Å². The minimum absolute atomic E-state index is 0.0239. The third-order valence-corrected chi connectivity index (χ3v) is 3.11. The van der Waals surface area contributed by atoms with Crippen LogP contribution in [-0.4, -0.2) is 37.0 Å². The van der Waals surface area contributed by atoms with Gasteiger partial charge in [-0.25, -0.2) is 0 Å². The molecule has 0 bridgehead atoms. The van der Waals surface area contributed by atoms with E-state index in [2.05, 4.69) is 10.1 Å². The third kappa shape index (κ3) is 7.56. The molecule has 0 heterocycles. The smallest absolute Gasteiger partial charge is 0.309 e. The van der Waals surface area contributed by atoms with Crippen LogP contribution < -0.4 is 5.32 Å². The highest BCUT2D eigenvalue weighted by molar-refractivity contribution is 7.99. The summed E-state index contributed by atoms with van der Waals surface area (Å²) in [6.07, 6.45) is 0.